The van der Waals surface area contributed by atoms with Gasteiger partial charge in [-0.1, -0.05) is 24.3 Å². The minimum atomic E-state index is -0.556. The molecule has 0 aromatic heterocycles. The van der Waals surface area contributed by atoms with E-state index >= 15 is 0 Å². The van der Waals surface area contributed by atoms with Gasteiger partial charge < -0.3 is 15.4 Å². The van der Waals surface area contributed by atoms with Gasteiger partial charge in [-0.15, -0.1) is 6.58 Å². The Bertz CT molecular complexity index is 480. The molecule has 0 bridgehead atoms. The third-order valence-electron chi connectivity index (χ3n) is 2.80. The topological polar surface area (TPSA) is 67.4 Å². The molecule has 0 aliphatic rings. The minimum absolute atomic E-state index is 0.117. The SMILES string of the molecule is C=CCNC(=O)[C@@H](CCSC)NC(=O)COc1ccccc1. The number of carbonyl (C=O) groups is 2. The molecule has 0 heterocycles. The molecule has 120 valence electrons. The number of benzene rings is 1. The summed E-state index contributed by atoms with van der Waals surface area (Å²) in [5, 5.41) is 5.41. The van der Waals surface area contributed by atoms with Crippen LogP contribution in [0.3, 0.4) is 0 Å². The highest BCUT2D eigenvalue weighted by Gasteiger charge is 2.19. The fourth-order valence-electron chi connectivity index (χ4n) is 1.70. The van der Waals surface area contributed by atoms with Crippen LogP contribution in [0.1, 0.15) is 6.42 Å². The van der Waals surface area contributed by atoms with Gasteiger partial charge in [-0.25, -0.2) is 0 Å². The molecule has 22 heavy (non-hydrogen) atoms. The summed E-state index contributed by atoms with van der Waals surface area (Å²) < 4.78 is 5.37. The normalized spacial score (nSPS) is 11.3. The molecule has 1 rings (SSSR count). The lowest BCUT2D eigenvalue weighted by atomic mass is 10.2. The smallest absolute Gasteiger partial charge is 0.258 e. The summed E-state index contributed by atoms with van der Waals surface area (Å²) in [5.74, 6) is 0.881. The maximum absolute atomic E-state index is 12.0. The van der Waals surface area contributed by atoms with Crippen LogP contribution in [0.5, 0.6) is 5.75 Å². The summed E-state index contributed by atoms with van der Waals surface area (Å²) in [6.45, 7) is 3.82. The predicted octanol–water partition coefficient (Wildman–Crippen LogP) is 1.61. The summed E-state index contributed by atoms with van der Waals surface area (Å²) in [6.07, 6.45) is 4.13. The van der Waals surface area contributed by atoms with Gasteiger partial charge in [-0.05, 0) is 30.6 Å². The number of nitrogens with one attached hydrogen (secondary N) is 2. The van der Waals surface area contributed by atoms with Gasteiger partial charge in [-0.2, -0.15) is 11.8 Å². The predicted molar refractivity (Wildman–Crippen MR) is 90.1 cm³/mol. The third-order valence-corrected chi connectivity index (χ3v) is 3.44. The first-order chi connectivity index (χ1) is 10.7. The number of para-hydroxylation sites is 1. The highest BCUT2D eigenvalue weighted by Crippen LogP contribution is 2.08. The van der Waals surface area contributed by atoms with E-state index < -0.39 is 6.04 Å². The zero-order chi connectivity index (χ0) is 16.2. The zero-order valence-corrected chi connectivity index (χ0v) is 13.5. The fraction of sp³-hybridized carbons (Fsp3) is 0.375. The molecule has 0 aliphatic carbocycles. The molecule has 6 heteroatoms. The molecule has 2 amide bonds. The van der Waals surface area contributed by atoms with Crippen molar-refractivity contribution in [3.05, 3.63) is 43.0 Å². The summed E-state index contributed by atoms with van der Waals surface area (Å²) in [6, 6.07) is 8.52. The largest absolute Gasteiger partial charge is 0.484 e. The van der Waals surface area contributed by atoms with Gasteiger partial charge in [0, 0.05) is 6.54 Å². The third kappa shape index (κ3) is 7.17. The molecule has 0 saturated carbocycles. The van der Waals surface area contributed by atoms with Crippen LogP contribution in [0, 0.1) is 0 Å². The van der Waals surface area contributed by atoms with Gasteiger partial charge in [0.1, 0.15) is 11.8 Å². The number of carbonyl (C=O) groups excluding carboxylic acids is 2. The first-order valence-corrected chi connectivity index (χ1v) is 8.41. The van der Waals surface area contributed by atoms with Crippen LogP contribution in [0.2, 0.25) is 0 Å². The van der Waals surface area contributed by atoms with Gasteiger partial charge in [0.05, 0.1) is 0 Å². The Labute approximate surface area is 135 Å². The lowest BCUT2D eigenvalue weighted by molar-refractivity contribution is -0.129. The molecule has 1 aromatic rings. The van der Waals surface area contributed by atoms with Gasteiger partial charge in [0.25, 0.3) is 5.91 Å². The summed E-state index contributed by atoms with van der Waals surface area (Å²) in [4.78, 5) is 23.9. The Hall–Kier alpha value is -1.95. The van der Waals surface area contributed by atoms with Gasteiger partial charge in [0.2, 0.25) is 5.91 Å². The van der Waals surface area contributed by atoms with E-state index in [1.807, 2.05) is 24.5 Å². The first kappa shape index (κ1) is 18.1. The lowest BCUT2D eigenvalue weighted by Crippen LogP contribution is -2.48. The summed E-state index contributed by atoms with van der Waals surface area (Å²) in [7, 11) is 0. The average molecular weight is 322 g/mol. The Morgan fingerprint density at radius 1 is 1.36 bits per heavy atom. The second-order valence-electron chi connectivity index (χ2n) is 4.54. The summed E-state index contributed by atoms with van der Waals surface area (Å²) in [5.41, 5.74) is 0. The van der Waals surface area contributed by atoms with Gasteiger partial charge in [-0.3, -0.25) is 9.59 Å². The minimum Gasteiger partial charge on any atom is -0.484 e. The van der Waals surface area contributed by atoms with Gasteiger partial charge in [0.15, 0.2) is 6.61 Å². The number of rotatable bonds is 10. The van der Waals surface area contributed by atoms with Crippen molar-refractivity contribution in [1.82, 2.24) is 10.6 Å². The van der Waals surface area contributed by atoms with Crippen molar-refractivity contribution in [2.75, 3.05) is 25.2 Å². The molecule has 0 spiro atoms. The molecule has 2 N–H and O–H groups in total. The Morgan fingerprint density at radius 2 is 2.09 bits per heavy atom. The van der Waals surface area contributed by atoms with Crippen molar-refractivity contribution >= 4 is 23.6 Å². The molecule has 0 radical (unpaired) electrons. The van der Waals surface area contributed by atoms with Crippen molar-refractivity contribution in [2.24, 2.45) is 0 Å². The molecular formula is C16H22N2O3S. The van der Waals surface area contributed by atoms with E-state index in [-0.39, 0.29) is 18.4 Å². The maximum Gasteiger partial charge on any atom is 0.258 e. The van der Waals surface area contributed by atoms with Crippen LogP contribution in [0.15, 0.2) is 43.0 Å². The van der Waals surface area contributed by atoms with E-state index in [4.69, 9.17) is 4.74 Å². The van der Waals surface area contributed by atoms with Crippen LogP contribution >= 0.6 is 11.8 Å². The first-order valence-electron chi connectivity index (χ1n) is 7.02. The van der Waals surface area contributed by atoms with E-state index in [1.165, 1.54) is 0 Å². The molecule has 1 aromatic carbocycles. The van der Waals surface area contributed by atoms with Crippen molar-refractivity contribution in [1.29, 1.82) is 0 Å². The van der Waals surface area contributed by atoms with E-state index in [0.29, 0.717) is 18.7 Å². The molecule has 0 fully saturated rings. The molecule has 0 unspecified atom stereocenters. The number of thioether (sulfide) groups is 1. The van der Waals surface area contributed by atoms with Crippen LogP contribution in [-0.4, -0.2) is 43.0 Å². The quantitative estimate of drug-likeness (QED) is 0.642. The monoisotopic (exact) mass is 322 g/mol. The fourth-order valence-corrected chi connectivity index (χ4v) is 2.17. The van der Waals surface area contributed by atoms with Crippen molar-refractivity contribution < 1.29 is 14.3 Å². The number of hydrogen-bond acceptors (Lipinski definition) is 4. The number of amides is 2. The zero-order valence-electron chi connectivity index (χ0n) is 12.7. The molecule has 0 aliphatic heterocycles. The van der Waals surface area contributed by atoms with Crippen LogP contribution in [-0.2, 0) is 9.59 Å². The highest BCUT2D eigenvalue weighted by atomic mass is 32.2. The molecule has 1 atom stereocenters. The Balaban J connectivity index is 2.47. The lowest BCUT2D eigenvalue weighted by Gasteiger charge is -2.17. The Kier molecular flexibility index (Phi) is 8.83. The van der Waals surface area contributed by atoms with E-state index in [0.717, 1.165) is 5.75 Å². The standard InChI is InChI=1S/C16H22N2O3S/c1-3-10-17-16(20)14(9-11-22-2)18-15(19)12-21-13-7-5-4-6-8-13/h3-8,14H,1,9-12H2,2H3,(H,17,20)(H,18,19)/t14-/m1/s1. The molecule has 5 nitrogen and oxygen atoms in total. The van der Waals surface area contributed by atoms with Crippen LogP contribution < -0.4 is 15.4 Å². The maximum atomic E-state index is 12.0. The van der Waals surface area contributed by atoms with E-state index in [2.05, 4.69) is 17.2 Å². The number of hydrogen-bond donors (Lipinski definition) is 2. The highest BCUT2D eigenvalue weighted by molar-refractivity contribution is 7.98. The van der Waals surface area contributed by atoms with Crippen LogP contribution in [0.25, 0.3) is 0 Å². The Morgan fingerprint density at radius 3 is 2.73 bits per heavy atom. The van der Waals surface area contributed by atoms with Crippen molar-refractivity contribution in [3.8, 4) is 5.75 Å². The van der Waals surface area contributed by atoms with E-state index in [1.54, 1.807) is 30.0 Å². The second kappa shape index (κ2) is 10.7. The molecular weight excluding hydrogens is 300 g/mol. The molecule has 0 saturated heterocycles. The second-order valence-corrected chi connectivity index (χ2v) is 5.52. The van der Waals surface area contributed by atoms with Gasteiger partial charge >= 0.3 is 0 Å². The van der Waals surface area contributed by atoms with Crippen LogP contribution in [0.4, 0.5) is 0 Å². The van der Waals surface area contributed by atoms with E-state index in [9.17, 15) is 9.59 Å². The average Bonchev–Trinajstić information content (AvgIpc) is 2.55. The van der Waals surface area contributed by atoms with Crippen molar-refractivity contribution in [3.63, 3.8) is 0 Å². The summed E-state index contributed by atoms with van der Waals surface area (Å²) >= 11 is 1.63. The number of ether oxygens (including phenoxy) is 1. The van der Waals surface area contributed by atoms with Crippen molar-refractivity contribution in [2.45, 2.75) is 12.5 Å².